The van der Waals surface area contributed by atoms with Crippen molar-refractivity contribution < 1.29 is 0 Å². The quantitative estimate of drug-likeness (QED) is 0.924. The lowest BCUT2D eigenvalue weighted by Crippen LogP contribution is -2.09. The molecule has 3 nitrogen and oxygen atoms in total. The second kappa shape index (κ2) is 5.59. The van der Waals surface area contributed by atoms with Gasteiger partial charge in [-0.25, -0.2) is 4.98 Å². The van der Waals surface area contributed by atoms with Gasteiger partial charge in [0.15, 0.2) is 0 Å². The summed E-state index contributed by atoms with van der Waals surface area (Å²) in [7, 11) is 3.96. The number of anilines is 2. The molecule has 1 aromatic heterocycles. The molecule has 0 fully saturated rings. The average Bonchev–Trinajstić information content (AvgIpc) is 2.72. The van der Waals surface area contributed by atoms with Crippen LogP contribution in [0.15, 0.2) is 23.6 Å². The molecule has 0 radical (unpaired) electrons. The predicted octanol–water partition coefficient (Wildman–Crippen LogP) is 3.78. The second-order valence-corrected chi connectivity index (χ2v) is 5.65. The fourth-order valence-electron chi connectivity index (χ4n) is 1.64. The summed E-state index contributed by atoms with van der Waals surface area (Å²) >= 11 is 7.88. The number of hydrogen-bond donors (Lipinski definition) is 1. The SMILES string of the molecule is Cc1csc(CNc2ccc(N(C)C)c(Cl)c2)n1. The number of benzene rings is 1. The highest BCUT2D eigenvalue weighted by Gasteiger charge is 2.04. The van der Waals surface area contributed by atoms with Gasteiger partial charge < -0.3 is 10.2 Å². The Morgan fingerprint density at radius 1 is 1.39 bits per heavy atom. The lowest BCUT2D eigenvalue weighted by atomic mass is 10.2. The Labute approximate surface area is 116 Å². The van der Waals surface area contributed by atoms with Crippen molar-refractivity contribution >= 4 is 34.3 Å². The Bertz CT molecular complexity index is 537. The average molecular weight is 282 g/mol. The summed E-state index contributed by atoms with van der Waals surface area (Å²) in [5.74, 6) is 0. The summed E-state index contributed by atoms with van der Waals surface area (Å²) in [4.78, 5) is 6.41. The molecule has 2 rings (SSSR count). The first-order valence-electron chi connectivity index (χ1n) is 5.68. The number of hydrogen-bond acceptors (Lipinski definition) is 4. The molecule has 0 bridgehead atoms. The van der Waals surface area contributed by atoms with Gasteiger partial charge in [0.2, 0.25) is 0 Å². The maximum absolute atomic E-state index is 6.22. The summed E-state index contributed by atoms with van der Waals surface area (Å²) < 4.78 is 0. The van der Waals surface area contributed by atoms with Gasteiger partial charge in [0.1, 0.15) is 5.01 Å². The van der Waals surface area contributed by atoms with E-state index in [1.54, 1.807) is 11.3 Å². The molecule has 0 unspecified atom stereocenters. The molecule has 0 saturated heterocycles. The molecule has 2 aromatic rings. The minimum absolute atomic E-state index is 0.732. The molecule has 96 valence electrons. The molecule has 0 aliphatic heterocycles. The molecule has 1 N–H and O–H groups in total. The third-order valence-corrected chi connectivity index (χ3v) is 3.81. The van der Waals surface area contributed by atoms with Crippen molar-refractivity contribution in [3.63, 3.8) is 0 Å². The number of thiazole rings is 1. The lowest BCUT2D eigenvalue weighted by Gasteiger charge is -2.15. The predicted molar refractivity (Wildman–Crippen MR) is 80.0 cm³/mol. The first-order chi connectivity index (χ1) is 8.56. The van der Waals surface area contributed by atoms with Gasteiger partial charge in [-0.1, -0.05) is 11.6 Å². The summed E-state index contributed by atoms with van der Waals surface area (Å²) in [6, 6.07) is 5.98. The summed E-state index contributed by atoms with van der Waals surface area (Å²) in [5, 5.41) is 7.21. The highest BCUT2D eigenvalue weighted by molar-refractivity contribution is 7.09. The van der Waals surface area contributed by atoms with Crippen molar-refractivity contribution in [2.45, 2.75) is 13.5 Å². The van der Waals surface area contributed by atoms with Gasteiger partial charge >= 0.3 is 0 Å². The summed E-state index contributed by atoms with van der Waals surface area (Å²) in [6.07, 6.45) is 0. The molecule has 0 spiro atoms. The van der Waals surface area contributed by atoms with Crippen LogP contribution in [-0.4, -0.2) is 19.1 Å². The smallest absolute Gasteiger partial charge is 0.112 e. The van der Waals surface area contributed by atoms with E-state index in [0.29, 0.717) is 0 Å². The van der Waals surface area contributed by atoms with Gasteiger partial charge in [-0.05, 0) is 25.1 Å². The van der Waals surface area contributed by atoms with Crippen LogP contribution in [0.5, 0.6) is 0 Å². The van der Waals surface area contributed by atoms with Crippen molar-refractivity contribution in [1.29, 1.82) is 0 Å². The first-order valence-corrected chi connectivity index (χ1v) is 6.94. The van der Waals surface area contributed by atoms with E-state index in [1.807, 2.05) is 44.1 Å². The van der Waals surface area contributed by atoms with Crippen LogP contribution in [0.3, 0.4) is 0 Å². The Balaban J connectivity index is 2.04. The van der Waals surface area contributed by atoms with E-state index >= 15 is 0 Å². The molecular formula is C13H16ClN3S. The number of rotatable bonds is 4. The van der Waals surface area contributed by atoms with E-state index in [9.17, 15) is 0 Å². The minimum atomic E-state index is 0.732. The van der Waals surface area contributed by atoms with Gasteiger partial charge in [0.25, 0.3) is 0 Å². The number of nitrogens with zero attached hydrogens (tertiary/aromatic N) is 2. The lowest BCUT2D eigenvalue weighted by molar-refractivity contribution is 1.07. The molecule has 1 heterocycles. The molecule has 5 heteroatoms. The van der Waals surface area contributed by atoms with E-state index in [4.69, 9.17) is 11.6 Å². The zero-order valence-electron chi connectivity index (χ0n) is 10.7. The van der Waals surface area contributed by atoms with Crippen LogP contribution in [0.25, 0.3) is 0 Å². The molecule has 0 saturated carbocycles. The van der Waals surface area contributed by atoms with Crippen LogP contribution >= 0.6 is 22.9 Å². The highest BCUT2D eigenvalue weighted by atomic mass is 35.5. The zero-order valence-corrected chi connectivity index (χ0v) is 12.3. The van der Waals surface area contributed by atoms with Gasteiger partial charge in [-0.2, -0.15) is 0 Å². The molecule has 0 aliphatic rings. The van der Waals surface area contributed by atoms with Crippen molar-refractivity contribution in [3.8, 4) is 0 Å². The van der Waals surface area contributed by atoms with Gasteiger partial charge in [-0.15, -0.1) is 11.3 Å². The maximum Gasteiger partial charge on any atom is 0.112 e. The van der Waals surface area contributed by atoms with Crippen LogP contribution in [0.1, 0.15) is 10.7 Å². The topological polar surface area (TPSA) is 28.2 Å². The molecule has 1 aromatic carbocycles. The van der Waals surface area contributed by atoms with E-state index in [0.717, 1.165) is 33.6 Å². The largest absolute Gasteiger partial charge is 0.378 e. The molecular weight excluding hydrogens is 266 g/mol. The van der Waals surface area contributed by atoms with Gasteiger partial charge in [0.05, 0.1) is 17.3 Å². The van der Waals surface area contributed by atoms with Crippen LogP contribution in [0, 0.1) is 6.92 Å². The van der Waals surface area contributed by atoms with Crippen LogP contribution in [0.4, 0.5) is 11.4 Å². The van der Waals surface area contributed by atoms with Crippen molar-refractivity contribution in [1.82, 2.24) is 4.98 Å². The van der Waals surface area contributed by atoms with Crippen molar-refractivity contribution in [3.05, 3.63) is 39.3 Å². The van der Waals surface area contributed by atoms with Crippen molar-refractivity contribution in [2.75, 3.05) is 24.3 Å². The number of halogens is 1. The van der Waals surface area contributed by atoms with Gasteiger partial charge in [-0.3, -0.25) is 0 Å². The maximum atomic E-state index is 6.22. The summed E-state index contributed by atoms with van der Waals surface area (Å²) in [5.41, 5.74) is 3.10. The Morgan fingerprint density at radius 2 is 2.17 bits per heavy atom. The van der Waals surface area contributed by atoms with Gasteiger partial charge in [0, 0.05) is 30.9 Å². The van der Waals surface area contributed by atoms with E-state index in [2.05, 4.69) is 15.7 Å². The Morgan fingerprint density at radius 3 is 2.72 bits per heavy atom. The third-order valence-electron chi connectivity index (χ3n) is 2.54. The molecule has 0 aliphatic carbocycles. The zero-order chi connectivity index (χ0) is 13.1. The fraction of sp³-hybridized carbons (Fsp3) is 0.308. The van der Waals surface area contributed by atoms with Crippen LogP contribution in [-0.2, 0) is 6.54 Å². The van der Waals surface area contributed by atoms with Crippen LogP contribution in [0.2, 0.25) is 5.02 Å². The number of aryl methyl sites for hydroxylation is 1. The minimum Gasteiger partial charge on any atom is -0.378 e. The summed E-state index contributed by atoms with van der Waals surface area (Å²) in [6.45, 7) is 2.74. The normalized spacial score (nSPS) is 10.4. The van der Waals surface area contributed by atoms with Crippen LogP contribution < -0.4 is 10.2 Å². The van der Waals surface area contributed by atoms with E-state index < -0.39 is 0 Å². The molecule has 0 amide bonds. The number of aromatic nitrogens is 1. The Kier molecular flexibility index (Phi) is 4.09. The highest BCUT2D eigenvalue weighted by Crippen LogP contribution is 2.27. The first kappa shape index (κ1) is 13.2. The standard InChI is InChI=1S/C13H16ClN3S/c1-9-8-18-13(16-9)7-15-10-4-5-12(17(2)3)11(14)6-10/h4-6,8,15H,7H2,1-3H3. The monoisotopic (exact) mass is 281 g/mol. The fourth-order valence-corrected chi connectivity index (χ4v) is 2.70. The number of nitrogens with one attached hydrogen (secondary N) is 1. The Hall–Kier alpha value is -1.26. The van der Waals surface area contributed by atoms with Crippen molar-refractivity contribution in [2.24, 2.45) is 0 Å². The third kappa shape index (κ3) is 3.15. The van der Waals surface area contributed by atoms with E-state index in [1.165, 1.54) is 0 Å². The molecule has 18 heavy (non-hydrogen) atoms. The second-order valence-electron chi connectivity index (χ2n) is 4.30. The van der Waals surface area contributed by atoms with E-state index in [-0.39, 0.29) is 0 Å². The molecule has 0 atom stereocenters.